The quantitative estimate of drug-likeness (QED) is 0.852. The zero-order valence-electron chi connectivity index (χ0n) is 10.8. The van der Waals surface area contributed by atoms with E-state index >= 15 is 0 Å². The molecule has 2 unspecified atom stereocenters. The topological polar surface area (TPSA) is 40.5 Å². The molecule has 1 aliphatic heterocycles. The van der Waals surface area contributed by atoms with E-state index in [9.17, 15) is 14.3 Å². The van der Waals surface area contributed by atoms with Crippen molar-refractivity contribution >= 4 is 5.78 Å². The van der Waals surface area contributed by atoms with Gasteiger partial charge in [0.15, 0.2) is 5.78 Å². The molecule has 2 aliphatic rings. The van der Waals surface area contributed by atoms with Gasteiger partial charge in [-0.15, -0.1) is 0 Å². The van der Waals surface area contributed by atoms with Crippen LogP contribution in [0.25, 0.3) is 0 Å². The summed E-state index contributed by atoms with van der Waals surface area (Å²) in [5.74, 6) is 0.644. The maximum absolute atomic E-state index is 13.1. The molecule has 102 valence electrons. The standard InChI is InChI=1S/C15H18FNO2/c16-12-4-5-14(18)13(6-12)15(19)9-17-7-10-2-1-3-11(10)8-17/h4-6,10-11,18H,1-3,7-9H2. The van der Waals surface area contributed by atoms with Gasteiger partial charge in [-0.05, 0) is 42.9 Å². The van der Waals surface area contributed by atoms with Crippen molar-refractivity contribution in [3.05, 3.63) is 29.6 Å². The fourth-order valence-corrected chi connectivity index (χ4v) is 3.48. The number of carbonyl (C=O) groups excluding carboxylic acids is 1. The van der Waals surface area contributed by atoms with Gasteiger partial charge in [0.2, 0.25) is 0 Å². The molecule has 0 amide bonds. The van der Waals surface area contributed by atoms with Gasteiger partial charge in [0.1, 0.15) is 11.6 Å². The van der Waals surface area contributed by atoms with Crippen LogP contribution in [0.4, 0.5) is 4.39 Å². The minimum Gasteiger partial charge on any atom is -0.507 e. The van der Waals surface area contributed by atoms with E-state index in [1.807, 2.05) is 0 Å². The number of hydrogen-bond acceptors (Lipinski definition) is 3. The lowest BCUT2D eigenvalue weighted by molar-refractivity contribution is 0.0938. The molecule has 1 saturated heterocycles. The van der Waals surface area contributed by atoms with E-state index in [1.54, 1.807) is 0 Å². The van der Waals surface area contributed by atoms with Crippen LogP contribution in [0.2, 0.25) is 0 Å². The van der Waals surface area contributed by atoms with Gasteiger partial charge in [-0.25, -0.2) is 4.39 Å². The molecule has 0 spiro atoms. The van der Waals surface area contributed by atoms with Crippen LogP contribution in [0.15, 0.2) is 18.2 Å². The Morgan fingerprint density at radius 2 is 2.00 bits per heavy atom. The Morgan fingerprint density at radius 3 is 2.68 bits per heavy atom. The summed E-state index contributed by atoms with van der Waals surface area (Å²) in [5, 5.41) is 9.63. The molecule has 1 aliphatic carbocycles. The summed E-state index contributed by atoms with van der Waals surface area (Å²) in [6.45, 7) is 2.21. The van der Waals surface area contributed by atoms with Crippen LogP contribution in [0, 0.1) is 17.7 Å². The van der Waals surface area contributed by atoms with Crippen LogP contribution in [0.5, 0.6) is 5.75 Å². The molecule has 4 heteroatoms. The summed E-state index contributed by atoms with van der Waals surface area (Å²) >= 11 is 0. The van der Waals surface area contributed by atoms with Crippen molar-refractivity contribution in [2.24, 2.45) is 11.8 Å². The lowest BCUT2D eigenvalue weighted by Crippen LogP contribution is -2.28. The number of nitrogens with zero attached hydrogens (tertiary/aromatic N) is 1. The maximum atomic E-state index is 13.1. The van der Waals surface area contributed by atoms with Crippen molar-refractivity contribution < 1.29 is 14.3 Å². The molecule has 0 radical (unpaired) electrons. The highest BCUT2D eigenvalue weighted by Gasteiger charge is 2.36. The summed E-state index contributed by atoms with van der Waals surface area (Å²) in [6, 6.07) is 3.52. The number of rotatable bonds is 3. The van der Waals surface area contributed by atoms with Crippen LogP contribution in [-0.4, -0.2) is 35.4 Å². The van der Waals surface area contributed by atoms with Crippen LogP contribution >= 0.6 is 0 Å². The third-order valence-electron chi connectivity index (χ3n) is 4.43. The number of likely N-dealkylation sites (tertiary alicyclic amines) is 1. The number of halogens is 1. The van der Waals surface area contributed by atoms with Gasteiger partial charge in [-0.1, -0.05) is 6.42 Å². The van der Waals surface area contributed by atoms with Crippen molar-refractivity contribution in [1.29, 1.82) is 0 Å². The smallest absolute Gasteiger partial charge is 0.180 e. The molecule has 3 nitrogen and oxygen atoms in total. The number of hydrogen-bond donors (Lipinski definition) is 1. The second kappa shape index (κ2) is 4.93. The first-order chi connectivity index (χ1) is 9.13. The molecule has 3 rings (SSSR count). The Morgan fingerprint density at radius 1 is 1.32 bits per heavy atom. The molecule has 2 fully saturated rings. The molecule has 19 heavy (non-hydrogen) atoms. The van der Waals surface area contributed by atoms with Crippen molar-refractivity contribution in [3.8, 4) is 5.75 Å². The van der Waals surface area contributed by atoms with Gasteiger partial charge in [-0.3, -0.25) is 9.69 Å². The second-order valence-corrected chi connectivity index (χ2v) is 5.73. The molecular formula is C15H18FNO2. The Balaban J connectivity index is 1.67. The number of benzene rings is 1. The number of fused-ring (bicyclic) bond motifs is 1. The van der Waals surface area contributed by atoms with Gasteiger partial charge in [-0.2, -0.15) is 0 Å². The minimum absolute atomic E-state index is 0.0945. The number of phenolic OH excluding ortho intramolecular Hbond substituents is 1. The van der Waals surface area contributed by atoms with E-state index in [2.05, 4.69) is 4.90 Å². The molecule has 1 N–H and O–H groups in total. The summed E-state index contributed by atoms with van der Waals surface area (Å²) in [5.41, 5.74) is 0.0945. The summed E-state index contributed by atoms with van der Waals surface area (Å²) in [6.07, 6.45) is 3.84. The summed E-state index contributed by atoms with van der Waals surface area (Å²) in [7, 11) is 0. The summed E-state index contributed by atoms with van der Waals surface area (Å²) < 4.78 is 13.1. The largest absolute Gasteiger partial charge is 0.507 e. The predicted octanol–water partition coefficient (Wildman–Crippen LogP) is 2.45. The molecule has 2 atom stereocenters. The predicted molar refractivity (Wildman–Crippen MR) is 69.7 cm³/mol. The van der Waals surface area contributed by atoms with Crippen LogP contribution in [-0.2, 0) is 0 Å². The third kappa shape index (κ3) is 2.50. The first-order valence-electron chi connectivity index (χ1n) is 6.87. The van der Waals surface area contributed by atoms with Gasteiger partial charge >= 0.3 is 0 Å². The lowest BCUT2D eigenvalue weighted by Gasteiger charge is -2.16. The maximum Gasteiger partial charge on any atom is 0.180 e. The fraction of sp³-hybridized carbons (Fsp3) is 0.533. The molecule has 1 aromatic rings. The summed E-state index contributed by atoms with van der Waals surface area (Å²) in [4.78, 5) is 14.3. The molecule has 1 saturated carbocycles. The Bertz CT molecular complexity index is 491. The van der Waals surface area contributed by atoms with Gasteiger partial charge in [0, 0.05) is 13.1 Å². The minimum atomic E-state index is -0.487. The number of aromatic hydroxyl groups is 1. The first-order valence-corrected chi connectivity index (χ1v) is 6.87. The number of Topliss-reactive ketones (excluding diaryl/α,β-unsaturated/α-hetero) is 1. The average molecular weight is 263 g/mol. The van der Waals surface area contributed by atoms with Gasteiger partial charge < -0.3 is 5.11 Å². The molecule has 1 aromatic carbocycles. The number of carbonyl (C=O) groups is 1. The Kier molecular flexibility index (Phi) is 3.27. The van der Waals surface area contributed by atoms with Crippen molar-refractivity contribution in [2.45, 2.75) is 19.3 Å². The normalized spacial score (nSPS) is 26.6. The SMILES string of the molecule is O=C(CN1CC2CCCC2C1)c1cc(F)ccc1O. The van der Waals surface area contributed by atoms with Crippen LogP contribution in [0.3, 0.4) is 0 Å². The van der Waals surface area contributed by atoms with E-state index in [0.29, 0.717) is 0 Å². The van der Waals surface area contributed by atoms with E-state index < -0.39 is 5.82 Å². The van der Waals surface area contributed by atoms with Crippen molar-refractivity contribution in [2.75, 3.05) is 19.6 Å². The van der Waals surface area contributed by atoms with Crippen LogP contribution < -0.4 is 0 Å². The van der Waals surface area contributed by atoms with E-state index in [0.717, 1.165) is 37.1 Å². The number of ketones is 1. The van der Waals surface area contributed by atoms with Gasteiger partial charge in [0.05, 0.1) is 12.1 Å². The lowest BCUT2D eigenvalue weighted by atomic mass is 10.0. The van der Waals surface area contributed by atoms with E-state index in [4.69, 9.17) is 0 Å². The van der Waals surface area contributed by atoms with Crippen molar-refractivity contribution in [1.82, 2.24) is 4.90 Å². The first kappa shape index (κ1) is 12.6. The molecule has 0 bridgehead atoms. The second-order valence-electron chi connectivity index (χ2n) is 5.73. The fourth-order valence-electron chi connectivity index (χ4n) is 3.48. The highest BCUT2D eigenvalue weighted by molar-refractivity contribution is 6.00. The van der Waals surface area contributed by atoms with Gasteiger partial charge in [0.25, 0.3) is 0 Å². The Labute approximate surface area is 112 Å². The molecule has 1 heterocycles. The zero-order chi connectivity index (χ0) is 13.4. The number of phenols is 1. The van der Waals surface area contributed by atoms with E-state index in [-0.39, 0.29) is 23.6 Å². The highest BCUT2D eigenvalue weighted by Crippen LogP contribution is 2.37. The van der Waals surface area contributed by atoms with Crippen LogP contribution in [0.1, 0.15) is 29.6 Å². The highest BCUT2D eigenvalue weighted by atomic mass is 19.1. The average Bonchev–Trinajstić information content (AvgIpc) is 2.92. The molecular weight excluding hydrogens is 245 g/mol. The monoisotopic (exact) mass is 263 g/mol. The Hall–Kier alpha value is -1.42. The third-order valence-corrected chi connectivity index (χ3v) is 4.43. The van der Waals surface area contributed by atoms with Crippen molar-refractivity contribution in [3.63, 3.8) is 0 Å². The van der Waals surface area contributed by atoms with E-state index in [1.165, 1.54) is 25.3 Å². The zero-order valence-corrected chi connectivity index (χ0v) is 10.8. The molecule has 0 aromatic heterocycles.